The summed E-state index contributed by atoms with van der Waals surface area (Å²) in [6.45, 7) is 0.399. The van der Waals surface area contributed by atoms with Gasteiger partial charge in [0, 0.05) is 12.7 Å². The number of aromatic nitrogens is 1. The molecule has 0 saturated carbocycles. The van der Waals surface area contributed by atoms with E-state index in [9.17, 15) is 13.2 Å². The fourth-order valence-electron chi connectivity index (χ4n) is 1.11. The summed E-state index contributed by atoms with van der Waals surface area (Å²) < 4.78 is 21.3. The van der Waals surface area contributed by atoms with E-state index in [1.54, 1.807) is 0 Å². The zero-order valence-electron chi connectivity index (χ0n) is 8.96. The predicted octanol–water partition coefficient (Wildman–Crippen LogP) is -0.130. The molecule has 1 heterocycles. The van der Waals surface area contributed by atoms with Gasteiger partial charge in [0.2, 0.25) is 10.0 Å². The van der Waals surface area contributed by atoms with Gasteiger partial charge in [-0.2, -0.15) is 0 Å². The van der Waals surface area contributed by atoms with Gasteiger partial charge in [-0.1, -0.05) is 0 Å². The Morgan fingerprint density at radius 1 is 1.47 bits per heavy atom. The molecule has 0 aliphatic rings. The first-order valence-electron chi connectivity index (χ1n) is 4.82. The van der Waals surface area contributed by atoms with Gasteiger partial charge in [0.05, 0.1) is 11.3 Å². The maximum Gasteiger partial charge on any atom is 0.337 e. The van der Waals surface area contributed by atoms with Gasteiger partial charge in [-0.05, 0) is 18.6 Å². The van der Waals surface area contributed by atoms with Crippen LogP contribution in [0.2, 0.25) is 0 Å². The SMILES string of the molecule is NS(=O)(=O)CCCNc1ccc(C(=O)O)cn1. The van der Waals surface area contributed by atoms with Crippen molar-refractivity contribution >= 4 is 21.8 Å². The Morgan fingerprint density at radius 2 is 2.18 bits per heavy atom. The lowest BCUT2D eigenvalue weighted by molar-refractivity contribution is 0.0696. The Labute approximate surface area is 98.7 Å². The molecule has 1 aromatic rings. The van der Waals surface area contributed by atoms with Crippen molar-refractivity contribution in [2.75, 3.05) is 17.6 Å². The number of sulfonamides is 1. The van der Waals surface area contributed by atoms with Crippen LogP contribution in [0.15, 0.2) is 18.3 Å². The largest absolute Gasteiger partial charge is 0.478 e. The second-order valence-corrected chi connectivity index (χ2v) is 5.12. The van der Waals surface area contributed by atoms with E-state index in [1.807, 2.05) is 0 Å². The highest BCUT2D eigenvalue weighted by Gasteiger charge is 2.04. The van der Waals surface area contributed by atoms with E-state index >= 15 is 0 Å². The molecule has 0 aliphatic heterocycles. The summed E-state index contributed by atoms with van der Waals surface area (Å²) in [5.41, 5.74) is 0.0973. The summed E-state index contributed by atoms with van der Waals surface area (Å²) in [5.74, 6) is -0.657. The third kappa shape index (κ3) is 5.27. The van der Waals surface area contributed by atoms with Gasteiger partial charge >= 0.3 is 5.97 Å². The molecule has 17 heavy (non-hydrogen) atoms. The third-order valence-corrected chi connectivity index (χ3v) is 2.78. The number of primary sulfonamides is 1. The van der Waals surface area contributed by atoms with Gasteiger partial charge in [0.25, 0.3) is 0 Å². The van der Waals surface area contributed by atoms with Gasteiger partial charge < -0.3 is 10.4 Å². The molecule has 0 spiro atoms. The number of aromatic carboxylic acids is 1. The summed E-state index contributed by atoms with van der Waals surface area (Å²) in [6.07, 6.45) is 1.59. The number of anilines is 1. The molecule has 0 bridgehead atoms. The van der Waals surface area contributed by atoms with Crippen LogP contribution in [0.3, 0.4) is 0 Å². The van der Waals surface area contributed by atoms with Crippen molar-refractivity contribution in [1.29, 1.82) is 0 Å². The molecule has 1 rings (SSSR count). The second-order valence-electron chi connectivity index (χ2n) is 3.38. The van der Waals surface area contributed by atoms with Crippen LogP contribution in [-0.2, 0) is 10.0 Å². The summed E-state index contributed by atoms with van der Waals surface area (Å²) in [5, 5.41) is 16.3. The Morgan fingerprint density at radius 3 is 2.65 bits per heavy atom. The number of nitrogens with zero attached hydrogens (tertiary/aromatic N) is 1. The van der Waals surface area contributed by atoms with E-state index in [4.69, 9.17) is 10.2 Å². The average Bonchev–Trinajstić information content (AvgIpc) is 2.24. The van der Waals surface area contributed by atoms with E-state index in [0.29, 0.717) is 18.8 Å². The maximum atomic E-state index is 10.6. The normalized spacial score (nSPS) is 11.1. The van der Waals surface area contributed by atoms with Crippen LogP contribution in [0.4, 0.5) is 5.82 Å². The smallest absolute Gasteiger partial charge is 0.337 e. The molecular formula is C9H13N3O4S. The quantitative estimate of drug-likeness (QED) is 0.612. The molecule has 0 fully saturated rings. The molecule has 1 aromatic heterocycles. The molecule has 94 valence electrons. The number of nitrogens with one attached hydrogen (secondary N) is 1. The Balaban J connectivity index is 2.40. The minimum Gasteiger partial charge on any atom is -0.478 e. The van der Waals surface area contributed by atoms with Crippen LogP contribution >= 0.6 is 0 Å². The third-order valence-electron chi connectivity index (χ3n) is 1.92. The lowest BCUT2D eigenvalue weighted by atomic mass is 10.3. The molecule has 0 amide bonds. The van der Waals surface area contributed by atoms with Crippen LogP contribution in [0.25, 0.3) is 0 Å². The van der Waals surface area contributed by atoms with Gasteiger partial charge in [0.15, 0.2) is 0 Å². The number of rotatable bonds is 6. The van der Waals surface area contributed by atoms with Gasteiger partial charge in [-0.25, -0.2) is 23.3 Å². The van der Waals surface area contributed by atoms with Crippen molar-refractivity contribution in [3.63, 3.8) is 0 Å². The Hall–Kier alpha value is -1.67. The standard InChI is InChI=1S/C9H13N3O4S/c10-17(15,16)5-1-4-11-8-3-2-7(6-12-8)9(13)14/h2-3,6H,1,4-5H2,(H,11,12)(H,13,14)(H2,10,15,16). The molecule has 0 saturated heterocycles. The lowest BCUT2D eigenvalue weighted by Gasteiger charge is -2.04. The molecule has 0 aromatic carbocycles. The molecule has 0 radical (unpaired) electrons. The fourth-order valence-corrected chi connectivity index (χ4v) is 1.66. The first-order chi connectivity index (χ1) is 7.88. The zero-order chi connectivity index (χ0) is 12.9. The maximum absolute atomic E-state index is 10.6. The predicted molar refractivity (Wildman–Crippen MR) is 62.3 cm³/mol. The molecule has 0 unspecified atom stereocenters. The van der Waals surface area contributed by atoms with E-state index in [2.05, 4.69) is 10.3 Å². The van der Waals surface area contributed by atoms with E-state index in [0.717, 1.165) is 0 Å². The van der Waals surface area contributed by atoms with Crippen molar-refractivity contribution in [1.82, 2.24) is 4.98 Å². The van der Waals surface area contributed by atoms with Crippen LogP contribution in [-0.4, -0.2) is 36.8 Å². The first kappa shape index (κ1) is 13.4. The highest BCUT2D eigenvalue weighted by Crippen LogP contribution is 2.04. The van der Waals surface area contributed by atoms with Crippen molar-refractivity contribution < 1.29 is 18.3 Å². The summed E-state index contributed by atoms with van der Waals surface area (Å²) in [7, 11) is -3.43. The second kappa shape index (κ2) is 5.60. The number of carboxylic acid groups (broad SMARTS) is 1. The van der Waals surface area contributed by atoms with E-state index < -0.39 is 16.0 Å². The van der Waals surface area contributed by atoms with Crippen LogP contribution in [0.1, 0.15) is 16.8 Å². The topological polar surface area (TPSA) is 122 Å². The van der Waals surface area contributed by atoms with Crippen LogP contribution < -0.4 is 10.5 Å². The lowest BCUT2D eigenvalue weighted by Crippen LogP contribution is -2.18. The van der Waals surface area contributed by atoms with Crippen LogP contribution in [0, 0.1) is 0 Å². The molecule has 0 atom stereocenters. The number of carboxylic acids is 1. The Bertz CT molecular complexity index is 483. The minimum absolute atomic E-state index is 0.0973. The number of carbonyl (C=O) groups is 1. The number of nitrogens with two attached hydrogens (primary N) is 1. The average molecular weight is 259 g/mol. The van der Waals surface area contributed by atoms with Crippen LogP contribution in [0.5, 0.6) is 0 Å². The monoisotopic (exact) mass is 259 g/mol. The summed E-state index contributed by atoms with van der Waals surface area (Å²) in [4.78, 5) is 14.4. The van der Waals surface area contributed by atoms with Crippen molar-refractivity contribution in [3.05, 3.63) is 23.9 Å². The zero-order valence-corrected chi connectivity index (χ0v) is 9.77. The van der Waals surface area contributed by atoms with E-state index in [1.165, 1.54) is 18.3 Å². The fraction of sp³-hybridized carbons (Fsp3) is 0.333. The molecule has 4 N–H and O–H groups in total. The Kier molecular flexibility index (Phi) is 4.41. The summed E-state index contributed by atoms with van der Waals surface area (Å²) >= 11 is 0. The highest BCUT2D eigenvalue weighted by molar-refractivity contribution is 7.89. The van der Waals surface area contributed by atoms with E-state index in [-0.39, 0.29) is 11.3 Å². The summed E-state index contributed by atoms with van der Waals surface area (Å²) in [6, 6.07) is 2.93. The molecule has 7 nitrogen and oxygen atoms in total. The first-order valence-corrected chi connectivity index (χ1v) is 6.54. The van der Waals surface area contributed by atoms with Gasteiger partial charge in [-0.15, -0.1) is 0 Å². The molecule has 8 heteroatoms. The number of hydrogen-bond acceptors (Lipinski definition) is 5. The van der Waals surface area contributed by atoms with Gasteiger partial charge in [0.1, 0.15) is 5.82 Å². The molecular weight excluding hydrogens is 246 g/mol. The highest BCUT2D eigenvalue weighted by atomic mass is 32.2. The number of hydrogen-bond donors (Lipinski definition) is 3. The van der Waals surface area contributed by atoms with Crippen molar-refractivity contribution in [3.8, 4) is 0 Å². The van der Waals surface area contributed by atoms with Crippen molar-refractivity contribution in [2.45, 2.75) is 6.42 Å². The van der Waals surface area contributed by atoms with Crippen molar-refractivity contribution in [2.24, 2.45) is 5.14 Å². The molecule has 0 aliphatic carbocycles. The van der Waals surface area contributed by atoms with Gasteiger partial charge in [-0.3, -0.25) is 0 Å². The minimum atomic E-state index is -3.43. The number of pyridine rings is 1.